The number of hydrogen-bond donors (Lipinski definition) is 2. The predicted molar refractivity (Wildman–Crippen MR) is 70.0 cm³/mol. The summed E-state index contributed by atoms with van der Waals surface area (Å²) in [6.07, 6.45) is 2.96. The van der Waals surface area contributed by atoms with Gasteiger partial charge in [-0.1, -0.05) is 6.42 Å². The molecule has 0 atom stereocenters. The highest BCUT2D eigenvalue weighted by atomic mass is 19.1. The molecule has 0 amide bonds. The van der Waals surface area contributed by atoms with E-state index in [1.807, 2.05) is 25.1 Å². The Morgan fingerprint density at radius 2 is 2.06 bits per heavy atom. The second-order valence-corrected chi connectivity index (χ2v) is 5.55. The first-order valence-electron chi connectivity index (χ1n) is 6.35. The molecular weight excluding hydrogens is 231 g/mol. The predicted octanol–water partition coefficient (Wildman–Crippen LogP) is 1.97. The molecule has 0 aliphatic heterocycles. The van der Waals surface area contributed by atoms with Gasteiger partial charge >= 0.3 is 0 Å². The van der Waals surface area contributed by atoms with Crippen LogP contribution in [0.25, 0.3) is 0 Å². The molecule has 0 saturated heterocycles. The molecule has 3 nitrogen and oxygen atoms in total. The second-order valence-electron chi connectivity index (χ2n) is 5.55. The van der Waals surface area contributed by atoms with Gasteiger partial charge in [-0.15, -0.1) is 0 Å². The van der Waals surface area contributed by atoms with E-state index >= 15 is 0 Å². The third-order valence-electron chi connectivity index (χ3n) is 3.89. The first-order valence-corrected chi connectivity index (χ1v) is 6.35. The third kappa shape index (κ3) is 2.22. The zero-order valence-corrected chi connectivity index (χ0v) is 11.0. The number of nitrogens with zero attached hydrogens (tertiary/aromatic N) is 1. The van der Waals surface area contributed by atoms with E-state index in [1.165, 1.54) is 6.07 Å². The number of rotatable bonds is 4. The number of phenols is 1. The fourth-order valence-corrected chi connectivity index (χ4v) is 2.70. The molecule has 100 valence electrons. The van der Waals surface area contributed by atoms with Crippen LogP contribution in [0.1, 0.15) is 30.4 Å². The lowest BCUT2D eigenvalue weighted by Crippen LogP contribution is -2.41. The van der Waals surface area contributed by atoms with E-state index in [0.717, 1.165) is 24.8 Å². The molecule has 1 aromatic rings. The normalized spacial score (nSPS) is 17.8. The molecule has 1 aliphatic carbocycles. The minimum Gasteiger partial charge on any atom is -0.505 e. The van der Waals surface area contributed by atoms with Crippen LogP contribution in [0.2, 0.25) is 0 Å². The Kier molecular flexibility index (Phi) is 3.59. The quantitative estimate of drug-likeness (QED) is 0.861. The van der Waals surface area contributed by atoms with Crippen LogP contribution in [0.4, 0.5) is 4.39 Å². The van der Waals surface area contributed by atoms with Crippen molar-refractivity contribution >= 4 is 0 Å². The fourth-order valence-electron chi connectivity index (χ4n) is 2.70. The van der Waals surface area contributed by atoms with E-state index < -0.39 is 5.82 Å². The van der Waals surface area contributed by atoms with Crippen LogP contribution in [-0.2, 0) is 12.0 Å². The molecule has 0 unspecified atom stereocenters. The smallest absolute Gasteiger partial charge is 0.165 e. The van der Waals surface area contributed by atoms with E-state index in [0.29, 0.717) is 18.7 Å². The van der Waals surface area contributed by atoms with Gasteiger partial charge in [0, 0.05) is 24.1 Å². The first-order chi connectivity index (χ1) is 8.48. The molecule has 1 aliphatic rings. The standard InChI is InChI=1S/C14H21FN2O/c1-17(2)8-10-6-11(13(18)12(15)7-10)14(9-16)4-3-5-14/h6-7,18H,3-5,8-9,16H2,1-2H3. The Balaban J connectivity index is 2.42. The molecule has 1 aromatic carbocycles. The van der Waals surface area contributed by atoms with E-state index in [1.54, 1.807) is 0 Å². The van der Waals surface area contributed by atoms with Gasteiger partial charge in [-0.25, -0.2) is 4.39 Å². The van der Waals surface area contributed by atoms with Gasteiger partial charge in [-0.3, -0.25) is 0 Å². The highest BCUT2D eigenvalue weighted by molar-refractivity contribution is 5.44. The number of benzene rings is 1. The number of aromatic hydroxyl groups is 1. The Morgan fingerprint density at radius 1 is 1.39 bits per heavy atom. The molecule has 2 rings (SSSR count). The summed E-state index contributed by atoms with van der Waals surface area (Å²) >= 11 is 0. The number of halogens is 1. The van der Waals surface area contributed by atoms with Crippen molar-refractivity contribution in [3.8, 4) is 5.75 Å². The zero-order chi connectivity index (χ0) is 13.3. The van der Waals surface area contributed by atoms with Crippen LogP contribution in [0, 0.1) is 5.82 Å². The third-order valence-corrected chi connectivity index (χ3v) is 3.89. The number of phenolic OH excluding ortho intramolecular Hbond substituents is 1. The Labute approximate surface area is 107 Å². The van der Waals surface area contributed by atoms with Crippen molar-refractivity contribution in [1.29, 1.82) is 0 Å². The van der Waals surface area contributed by atoms with E-state index in [2.05, 4.69) is 0 Å². The highest BCUT2D eigenvalue weighted by Crippen LogP contribution is 2.47. The molecule has 3 N–H and O–H groups in total. The van der Waals surface area contributed by atoms with Gasteiger partial charge in [0.05, 0.1) is 0 Å². The zero-order valence-electron chi connectivity index (χ0n) is 11.0. The average molecular weight is 252 g/mol. The summed E-state index contributed by atoms with van der Waals surface area (Å²) < 4.78 is 13.8. The van der Waals surface area contributed by atoms with Gasteiger partial charge in [0.1, 0.15) is 0 Å². The van der Waals surface area contributed by atoms with Crippen molar-refractivity contribution in [1.82, 2.24) is 4.90 Å². The van der Waals surface area contributed by atoms with Crippen molar-refractivity contribution < 1.29 is 9.50 Å². The van der Waals surface area contributed by atoms with Crippen LogP contribution in [-0.4, -0.2) is 30.6 Å². The lowest BCUT2D eigenvalue weighted by molar-refractivity contribution is 0.242. The summed E-state index contributed by atoms with van der Waals surface area (Å²) in [6, 6.07) is 3.31. The lowest BCUT2D eigenvalue weighted by atomic mass is 9.64. The van der Waals surface area contributed by atoms with Crippen LogP contribution < -0.4 is 5.73 Å². The second kappa shape index (κ2) is 4.86. The molecular formula is C14H21FN2O. The SMILES string of the molecule is CN(C)Cc1cc(F)c(O)c(C2(CN)CCC2)c1. The van der Waals surface area contributed by atoms with Crippen LogP contribution >= 0.6 is 0 Å². The van der Waals surface area contributed by atoms with Gasteiger partial charge in [-0.2, -0.15) is 0 Å². The molecule has 0 heterocycles. The maximum Gasteiger partial charge on any atom is 0.165 e. The van der Waals surface area contributed by atoms with Gasteiger partial charge in [0.25, 0.3) is 0 Å². The van der Waals surface area contributed by atoms with Crippen molar-refractivity contribution in [3.05, 3.63) is 29.1 Å². The maximum atomic E-state index is 13.8. The van der Waals surface area contributed by atoms with E-state index in [-0.39, 0.29) is 11.2 Å². The minimum atomic E-state index is -0.538. The van der Waals surface area contributed by atoms with Gasteiger partial charge < -0.3 is 15.7 Å². The topological polar surface area (TPSA) is 49.5 Å². The molecule has 4 heteroatoms. The van der Waals surface area contributed by atoms with E-state index in [4.69, 9.17) is 5.73 Å². The van der Waals surface area contributed by atoms with Crippen molar-refractivity contribution in [2.75, 3.05) is 20.6 Å². The van der Waals surface area contributed by atoms with Crippen LogP contribution in [0.5, 0.6) is 5.75 Å². The Hall–Kier alpha value is -1.13. The van der Waals surface area contributed by atoms with Crippen molar-refractivity contribution in [2.45, 2.75) is 31.2 Å². The number of hydrogen-bond acceptors (Lipinski definition) is 3. The van der Waals surface area contributed by atoms with Gasteiger partial charge in [0.2, 0.25) is 0 Å². The average Bonchev–Trinajstić information content (AvgIpc) is 2.23. The first kappa shape index (κ1) is 13.3. The summed E-state index contributed by atoms with van der Waals surface area (Å²) in [4.78, 5) is 1.98. The summed E-state index contributed by atoms with van der Waals surface area (Å²) in [6.45, 7) is 1.12. The molecule has 1 saturated carbocycles. The summed E-state index contributed by atoms with van der Waals surface area (Å²) in [5.74, 6) is -0.758. The monoisotopic (exact) mass is 252 g/mol. The molecule has 0 radical (unpaired) electrons. The summed E-state index contributed by atoms with van der Waals surface area (Å²) in [5.41, 5.74) is 7.18. The minimum absolute atomic E-state index is 0.215. The molecule has 0 aromatic heterocycles. The highest BCUT2D eigenvalue weighted by Gasteiger charge is 2.40. The largest absolute Gasteiger partial charge is 0.505 e. The van der Waals surface area contributed by atoms with E-state index in [9.17, 15) is 9.50 Å². The van der Waals surface area contributed by atoms with Crippen LogP contribution in [0.15, 0.2) is 12.1 Å². The van der Waals surface area contributed by atoms with Crippen molar-refractivity contribution in [3.63, 3.8) is 0 Å². The Bertz CT molecular complexity index is 436. The Morgan fingerprint density at radius 3 is 2.50 bits per heavy atom. The van der Waals surface area contributed by atoms with Gasteiger partial charge in [-0.05, 0) is 44.6 Å². The fraction of sp³-hybridized carbons (Fsp3) is 0.571. The molecule has 1 fully saturated rings. The molecule has 18 heavy (non-hydrogen) atoms. The van der Waals surface area contributed by atoms with Crippen LogP contribution in [0.3, 0.4) is 0 Å². The number of nitrogens with two attached hydrogens (primary N) is 1. The summed E-state index contributed by atoms with van der Waals surface area (Å²) in [5, 5.41) is 9.94. The summed E-state index contributed by atoms with van der Waals surface area (Å²) in [7, 11) is 3.87. The lowest BCUT2D eigenvalue weighted by Gasteiger charge is -2.42. The molecule has 0 bridgehead atoms. The maximum absolute atomic E-state index is 13.8. The van der Waals surface area contributed by atoms with Crippen molar-refractivity contribution in [2.24, 2.45) is 5.73 Å². The molecule has 0 spiro atoms. The van der Waals surface area contributed by atoms with Gasteiger partial charge in [0.15, 0.2) is 11.6 Å².